The van der Waals surface area contributed by atoms with E-state index < -0.39 is 4.92 Å². The van der Waals surface area contributed by atoms with Crippen molar-refractivity contribution in [2.24, 2.45) is 5.10 Å². The summed E-state index contributed by atoms with van der Waals surface area (Å²) in [6.07, 6.45) is 1.28. The molecule has 0 aliphatic heterocycles. The summed E-state index contributed by atoms with van der Waals surface area (Å²) in [5.41, 5.74) is 3.30. The Morgan fingerprint density at radius 3 is 2.95 bits per heavy atom. The second-order valence-corrected chi connectivity index (χ2v) is 3.68. The molecule has 0 radical (unpaired) electrons. The number of rotatable bonds is 5. The van der Waals surface area contributed by atoms with Crippen LogP contribution in [0.4, 0.5) is 11.8 Å². The van der Waals surface area contributed by atoms with Gasteiger partial charge in [0, 0.05) is 11.8 Å². The molecule has 0 saturated heterocycles. The molecular weight excluding hydrogens is 266 g/mol. The summed E-state index contributed by atoms with van der Waals surface area (Å²) in [5, 5.41) is 14.3. The highest BCUT2D eigenvalue weighted by molar-refractivity contribution is 5.76. The molecule has 0 aromatic carbocycles. The number of hydrazone groups is 1. The van der Waals surface area contributed by atoms with E-state index in [4.69, 9.17) is 9.15 Å². The number of nitro groups is 1. The molecule has 0 spiro atoms. The van der Waals surface area contributed by atoms with Gasteiger partial charge in [-0.15, -0.1) is 0 Å². The van der Waals surface area contributed by atoms with Crippen LogP contribution in [0, 0.1) is 17.0 Å². The Hall–Kier alpha value is -2.97. The van der Waals surface area contributed by atoms with Gasteiger partial charge < -0.3 is 9.15 Å². The lowest BCUT2D eigenvalue weighted by molar-refractivity contribution is -0.402. The maximum atomic E-state index is 10.4. The molecule has 20 heavy (non-hydrogen) atoms. The molecule has 0 atom stereocenters. The Kier molecular flexibility index (Phi) is 3.89. The van der Waals surface area contributed by atoms with Crippen molar-refractivity contribution in [1.82, 2.24) is 9.97 Å². The molecule has 0 amide bonds. The monoisotopic (exact) mass is 277 g/mol. The van der Waals surface area contributed by atoms with E-state index in [9.17, 15) is 10.1 Å². The molecule has 0 unspecified atom stereocenters. The molecule has 9 heteroatoms. The Balaban J connectivity index is 2.05. The first-order chi connectivity index (χ1) is 9.58. The van der Waals surface area contributed by atoms with Crippen LogP contribution in [0.3, 0.4) is 0 Å². The van der Waals surface area contributed by atoms with Gasteiger partial charge in [-0.25, -0.2) is 10.4 Å². The normalized spacial score (nSPS) is 10.7. The van der Waals surface area contributed by atoms with Gasteiger partial charge in [-0.1, -0.05) is 0 Å². The third-order valence-corrected chi connectivity index (χ3v) is 2.19. The average molecular weight is 277 g/mol. The molecule has 2 heterocycles. The quantitative estimate of drug-likeness (QED) is 0.502. The van der Waals surface area contributed by atoms with Gasteiger partial charge in [-0.05, 0) is 13.0 Å². The van der Waals surface area contributed by atoms with Gasteiger partial charge >= 0.3 is 5.88 Å². The molecule has 2 rings (SSSR count). The van der Waals surface area contributed by atoms with Crippen LogP contribution in [0.1, 0.15) is 11.5 Å². The first kappa shape index (κ1) is 13.5. The Morgan fingerprint density at radius 1 is 1.50 bits per heavy atom. The molecule has 0 bridgehead atoms. The van der Waals surface area contributed by atoms with Crippen LogP contribution in [-0.2, 0) is 0 Å². The number of anilines is 1. The van der Waals surface area contributed by atoms with E-state index in [-0.39, 0.29) is 17.6 Å². The highest BCUT2D eigenvalue weighted by Crippen LogP contribution is 2.14. The van der Waals surface area contributed by atoms with Crippen LogP contribution in [-0.4, -0.2) is 28.2 Å². The fourth-order valence-corrected chi connectivity index (χ4v) is 1.36. The van der Waals surface area contributed by atoms with Crippen molar-refractivity contribution >= 4 is 18.0 Å². The summed E-state index contributed by atoms with van der Waals surface area (Å²) in [6.45, 7) is 1.79. The van der Waals surface area contributed by atoms with E-state index in [1.54, 1.807) is 13.0 Å². The van der Waals surface area contributed by atoms with Crippen molar-refractivity contribution in [3.63, 3.8) is 0 Å². The first-order valence-corrected chi connectivity index (χ1v) is 5.51. The van der Waals surface area contributed by atoms with Gasteiger partial charge in [-0.3, -0.25) is 10.1 Å². The molecule has 0 aliphatic rings. The number of ether oxygens (including phenoxy) is 1. The molecular formula is C11H11N5O4. The zero-order valence-electron chi connectivity index (χ0n) is 10.7. The minimum Gasteiger partial charge on any atom is -0.481 e. The van der Waals surface area contributed by atoms with E-state index in [1.165, 1.54) is 25.5 Å². The van der Waals surface area contributed by atoms with Gasteiger partial charge in [0.15, 0.2) is 5.76 Å². The SMILES string of the molecule is COc1cc(C)nc(N/N=C\c2ccc([N+](=O)[O-])o2)n1. The minimum absolute atomic E-state index is 0.240. The minimum atomic E-state index is -0.626. The summed E-state index contributed by atoms with van der Waals surface area (Å²) >= 11 is 0. The molecule has 0 aliphatic carbocycles. The number of nitrogens with zero attached hydrogens (tertiary/aromatic N) is 4. The Morgan fingerprint density at radius 2 is 2.30 bits per heavy atom. The summed E-state index contributed by atoms with van der Waals surface area (Å²) in [7, 11) is 1.50. The molecule has 2 aromatic heterocycles. The largest absolute Gasteiger partial charge is 0.481 e. The summed E-state index contributed by atoms with van der Waals surface area (Å²) in [5.74, 6) is 0.548. The number of furan rings is 1. The van der Waals surface area contributed by atoms with Crippen molar-refractivity contribution in [2.45, 2.75) is 6.92 Å². The predicted octanol–water partition coefficient (Wildman–Crippen LogP) is 1.74. The van der Waals surface area contributed by atoms with Crippen molar-refractivity contribution in [1.29, 1.82) is 0 Å². The highest BCUT2D eigenvalue weighted by atomic mass is 16.6. The third kappa shape index (κ3) is 3.28. The lowest BCUT2D eigenvalue weighted by atomic mass is 10.4. The maximum absolute atomic E-state index is 10.4. The van der Waals surface area contributed by atoms with Gasteiger partial charge in [0.25, 0.3) is 0 Å². The van der Waals surface area contributed by atoms with Crippen LogP contribution in [0.2, 0.25) is 0 Å². The van der Waals surface area contributed by atoms with Crippen LogP contribution < -0.4 is 10.2 Å². The smallest absolute Gasteiger partial charge is 0.433 e. The van der Waals surface area contributed by atoms with E-state index in [1.807, 2.05) is 0 Å². The number of methoxy groups -OCH3 is 1. The second-order valence-electron chi connectivity index (χ2n) is 3.68. The Labute approximate surface area is 113 Å². The number of aryl methyl sites for hydroxylation is 1. The summed E-state index contributed by atoms with van der Waals surface area (Å²) in [6, 6.07) is 4.35. The number of hydrogen-bond donors (Lipinski definition) is 1. The number of aromatic nitrogens is 2. The highest BCUT2D eigenvalue weighted by Gasteiger charge is 2.10. The van der Waals surface area contributed by atoms with Crippen LogP contribution in [0.25, 0.3) is 0 Å². The summed E-state index contributed by atoms with van der Waals surface area (Å²) < 4.78 is 9.89. The third-order valence-electron chi connectivity index (χ3n) is 2.19. The maximum Gasteiger partial charge on any atom is 0.433 e. The zero-order valence-corrected chi connectivity index (χ0v) is 10.7. The fraction of sp³-hybridized carbons (Fsp3) is 0.182. The van der Waals surface area contributed by atoms with Crippen LogP contribution in [0.5, 0.6) is 5.88 Å². The average Bonchev–Trinajstić information content (AvgIpc) is 2.87. The van der Waals surface area contributed by atoms with Crippen molar-refractivity contribution < 1.29 is 14.1 Å². The van der Waals surface area contributed by atoms with Crippen LogP contribution in [0.15, 0.2) is 27.7 Å². The molecule has 2 aromatic rings. The van der Waals surface area contributed by atoms with Gasteiger partial charge in [0.05, 0.1) is 19.4 Å². The Bertz CT molecular complexity index is 652. The van der Waals surface area contributed by atoms with E-state index >= 15 is 0 Å². The molecule has 0 fully saturated rings. The topological polar surface area (TPSA) is 116 Å². The van der Waals surface area contributed by atoms with E-state index in [2.05, 4.69) is 20.5 Å². The lowest BCUT2D eigenvalue weighted by Gasteiger charge is -2.03. The number of nitrogens with one attached hydrogen (secondary N) is 1. The summed E-state index contributed by atoms with van der Waals surface area (Å²) in [4.78, 5) is 17.9. The lowest BCUT2D eigenvalue weighted by Crippen LogP contribution is -2.00. The van der Waals surface area contributed by atoms with Gasteiger partial charge in [0.1, 0.15) is 4.92 Å². The zero-order chi connectivity index (χ0) is 14.5. The van der Waals surface area contributed by atoms with E-state index in [0.29, 0.717) is 11.6 Å². The van der Waals surface area contributed by atoms with Crippen molar-refractivity contribution in [3.05, 3.63) is 39.8 Å². The molecule has 0 saturated carbocycles. The van der Waals surface area contributed by atoms with E-state index in [0.717, 1.165) is 0 Å². The standard InChI is InChI=1S/C11H11N5O4/c1-7-5-9(19-2)14-11(13-7)15-12-6-8-3-4-10(20-8)16(17)18/h3-6H,1-2H3,(H,13,14,15)/b12-6-. The van der Waals surface area contributed by atoms with Crippen molar-refractivity contribution in [3.8, 4) is 5.88 Å². The first-order valence-electron chi connectivity index (χ1n) is 5.51. The predicted molar refractivity (Wildman–Crippen MR) is 69.9 cm³/mol. The molecule has 104 valence electrons. The van der Waals surface area contributed by atoms with Crippen LogP contribution >= 0.6 is 0 Å². The van der Waals surface area contributed by atoms with Crippen molar-refractivity contribution in [2.75, 3.05) is 12.5 Å². The number of hydrogen-bond acceptors (Lipinski definition) is 8. The van der Waals surface area contributed by atoms with Gasteiger partial charge in [-0.2, -0.15) is 10.1 Å². The molecule has 9 nitrogen and oxygen atoms in total. The van der Waals surface area contributed by atoms with Gasteiger partial charge in [0.2, 0.25) is 11.8 Å². The second kappa shape index (κ2) is 5.78. The fourth-order valence-electron chi connectivity index (χ4n) is 1.36. The molecule has 1 N–H and O–H groups in total.